The zero-order chi connectivity index (χ0) is 15.5. The molecule has 1 aliphatic carbocycles. The second-order valence-corrected chi connectivity index (χ2v) is 7.76. The topological polar surface area (TPSA) is 43.8 Å². The number of nitrogens with zero attached hydrogens (tertiary/aromatic N) is 2. The summed E-state index contributed by atoms with van der Waals surface area (Å²) < 4.78 is 0. The Bertz CT molecular complexity index is 379. The van der Waals surface area contributed by atoms with Crippen molar-refractivity contribution in [1.82, 2.24) is 9.80 Å². The van der Waals surface area contributed by atoms with Gasteiger partial charge in [-0.2, -0.15) is 0 Å². The molecular weight excluding hydrogens is 276 g/mol. The Kier molecular flexibility index (Phi) is 5.40. The predicted octanol–water partition coefficient (Wildman–Crippen LogP) is 2.26. The Labute approximate surface area is 134 Å². The Morgan fingerprint density at radius 2 is 1.68 bits per heavy atom. The Morgan fingerprint density at radius 1 is 0.955 bits per heavy atom. The standard InChI is InChI=1S/C18H32N2O2/c1-14-5-4-10-20(13-14)18(22)15-8-11-19(12-9-15)16-6-2-3-7-17(16)21/h14-17,21H,2-13H2,1H3. The van der Waals surface area contributed by atoms with Crippen LogP contribution in [0.15, 0.2) is 0 Å². The van der Waals surface area contributed by atoms with Crippen LogP contribution in [0.3, 0.4) is 0 Å². The summed E-state index contributed by atoms with van der Waals surface area (Å²) in [4.78, 5) is 17.3. The zero-order valence-corrected chi connectivity index (χ0v) is 14.0. The van der Waals surface area contributed by atoms with Crippen molar-refractivity contribution in [3.63, 3.8) is 0 Å². The first-order chi connectivity index (χ1) is 10.6. The fourth-order valence-electron chi connectivity index (χ4n) is 4.64. The third kappa shape index (κ3) is 3.65. The summed E-state index contributed by atoms with van der Waals surface area (Å²) >= 11 is 0. The van der Waals surface area contributed by atoms with Crippen LogP contribution in [0, 0.1) is 11.8 Å². The molecule has 0 aromatic heterocycles. The molecule has 1 amide bonds. The molecule has 2 aliphatic heterocycles. The number of hydrogen-bond acceptors (Lipinski definition) is 3. The predicted molar refractivity (Wildman–Crippen MR) is 87.5 cm³/mol. The van der Waals surface area contributed by atoms with Crippen LogP contribution in [0.4, 0.5) is 0 Å². The van der Waals surface area contributed by atoms with E-state index in [0.29, 0.717) is 17.9 Å². The lowest BCUT2D eigenvalue weighted by Crippen LogP contribution is -2.51. The summed E-state index contributed by atoms with van der Waals surface area (Å²) in [6, 6.07) is 0.347. The fraction of sp³-hybridized carbons (Fsp3) is 0.944. The molecule has 0 radical (unpaired) electrons. The molecule has 3 unspecified atom stereocenters. The van der Waals surface area contributed by atoms with E-state index in [1.807, 2.05) is 0 Å². The van der Waals surface area contributed by atoms with Gasteiger partial charge in [-0.05, 0) is 57.5 Å². The van der Waals surface area contributed by atoms with Crippen molar-refractivity contribution in [3.8, 4) is 0 Å². The summed E-state index contributed by atoms with van der Waals surface area (Å²) in [5.41, 5.74) is 0. The summed E-state index contributed by atoms with van der Waals surface area (Å²) in [6.07, 6.45) is 8.73. The van der Waals surface area contributed by atoms with Gasteiger partial charge in [-0.1, -0.05) is 19.8 Å². The number of carbonyl (C=O) groups excluding carboxylic acids is 1. The molecule has 2 heterocycles. The minimum absolute atomic E-state index is 0.149. The highest BCUT2D eigenvalue weighted by molar-refractivity contribution is 5.79. The van der Waals surface area contributed by atoms with Crippen molar-refractivity contribution in [1.29, 1.82) is 0 Å². The van der Waals surface area contributed by atoms with E-state index < -0.39 is 0 Å². The third-order valence-corrected chi connectivity index (χ3v) is 6.01. The van der Waals surface area contributed by atoms with E-state index in [1.54, 1.807) is 0 Å². The van der Waals surface area contributed by atoms with Gasteiger partial charge in [-0.25, -0.2) is 0 Å². The number of carbonyl (C=O) groups is 1. The van der Waals surface area contributed by atoms with Crippen LogP contribution < -0.4 is 0 Å². The molecule has 0 bridgehead atoms. The zero-order valence-electron chi connectivity index (χ0n) is 14.0. The molecule has 0 spiro atoms. The average Bonchev–Trinajstić information content (AvgIpc) is 2.55. The van der Waals surface area contributed by atoms with E-state index in [-0.39, 0.29) is 12.0 Å². The lowest BCUT2D eigenvalue weighted by Gasteiger charge is -2.42. The lowest BCUT2D eigenvalue weighted by molar-refractivity contribution is -0.139. The molecule has 22 heavy (non-hydrogen) atoms. The van der Waals surface area contributed by atoms with Crippen LogP contribution in [0.25, 0.3) is 0 Å². The van der Waals surface area contributed by atoms with Gasteiger partial charge in [0.15, 0.2) is 0 Å². The molecule has 0 aromatic rings. The van der Waals surface area contributed by atoms with E-state index in [0.717, 1.165) is 51.9 Å². The summed E-state index contributed by atoms with van der Waals surface area (Å²) in [5.74, 6) is 1.29. The maximum atomic E-state index is 12.7. The molecular formula is C18H32N2O2. The van der Waals surface area contributed by atoms with E-state index in [4.69, 9.17) is 0 Å². The second-order valence-electron chi connectivity index (χ2n) is 7.76. The van der Waals surface area contributed by atoms with Gasteiger partial charge in [-0.3, -0.25) is 9.69 Å². The fourth-order valence-corrected chi connectivity index (χ4v) is 4.64. The minimum atomic E-state index is -0.149. The van der Waals surface area contributed by atoms with Gasteiger partial charge in [-0.15, -0.1) is 0 Å². The van der Waals surface area contributed by atoms with Crippen molar-refractivity contribution >= 4 is 5.91 Å². The first kappa shape index (κ1) is 16.3. The van der Waals surface area contributed by atoms with E-state index in [1.165, 1.54) is 25.7 Å². The third-order valence-electron chi connectivity index (χ3n) is 6.01. The maximum absolute atomic E-state index is 12.7. The number of likely N-dealkylation sites (tertiary alicyclic amines) is 2. The smallest absolute Gasteiger partial charge is 0.225 e. The number of aliphatic hydroxyl groups excluding tert-OH is 1. The highest BCUT2D eigenvalue weighted by Gasteiger charge is 2.35. The first-order valence-electron chi connectivity index (χ1n) is 9.36. The largest absolute Gasteiger partial charge is 0.391 e. The lowest BCUT2D eigenvalue weighted by atomic mass is 9.87. The van der Waals surface area contributed by atoms with E-state index in [9.17, 15) is 9.90 Å². The number of piperidine rings is 2. The number of rotatable bonds is 2. The summed E-state index contributed by atoms with van der Waals surface area (Å²) in [7, 11) is 0. The molecule has 3 atom stereocenters. The van der Waals surface area contributed by atoms with Gasteiger partial charge < -0.3 is 10.0 Å². The van der Waals surface area contributed by atoms with Crippen LogP contribution >= 0.6 is 0 Å². The quantitative estimate of drug-likeness (QED) is 0.851. The monoisotopic (exact) mass is 308 g/mol. The summed E-state index contributed by atoms with van der Waals surface area (Å²) in [5, 5.41) is 10.2. The molecule has 1 N–H and O–H groups in total. The number of hydrogen-bond donors (Lipinski definition) is 1. The molecule has 4 heteroatoms. The first-order valence-corrected chi connectivity index (χ1v) is 9.36. The van der Waals surface area contributed by atoms with Gasteiger partial charge in [0.1, 0.15) is 0 Å². The van der Waals surface area contributed by atoms with E-state index >= 15 is 0 Å². The number of aliphatic hydroxyl groups is 1. The molecule has 3 rings (SSSR count). The normalized spacial score (nSPS) is 35.5. The Balaban J connectivity index is 1.49. The highest BCUT2D eigenvalue weighted by atomic mass is 16.3. The van der Waals surface area contributed by atoms with Crippen molar-refractivity contribution < 1.29 is 9.90 Å². The van der Waals surface area contributed by atoms with Crippen LogP contribution in [0.2, 0.25) is 0 Å². The van der Waals surface area contributed by atoms with Crippen molar-refractivity contribution in [3.05, 3.63) is 0 Å². The van der Waals surface area contributed by atoms with Gasteiger partial charge >= 0.3 is 0 Å². The highest BCUT2D eigenvalue weighted by Crippen LogP contribution is 2.29. The Morgan fingerprint density at radius 3 is 2.36 bits per heavy atom. The van der Waals surface area contributed by atoms with Crippen LogP contribution in [0.5, 0.6) is 0 Å². The van der Waals surface area contributed by atoms with Gasteiger partial charge in [0.25, 0.3) is 0 Å². The van der Waals surface area contributed by atoms with Crippen LogP contribution in [-0.4, -0.2) is 59.1 Å². The van der Waals surface area contributed by atoms with Crippen molar-refractivity contribution in [2.24, 2.45) is 11.8 Å². The average molecular weight is 308 g/mol. The molecule has 3 aliphatic rings. The molecule has 126 valence electrons. The van der Waals surface area contributed by atoms with Gasteiger partial charge in [0.05, 0.1) is 6.10 Å². The molecule has 0 aromatic carbocycles. The molecule has 1 saturated carbocycles. The Hall–Kier alpha value is -0.610. The van der Waals surface area contributed by atoms with Crippen LogP contribution in [0.1, 0.15) is 58.3 Å². The molecule has 2 saturated heterocycles. The van der Waals surface area contributed by atoms with Crippen molar-refractivity contribution in [2.75, 3.05) is 26.2 Å². The molecule has 4 nitrogen and oxygen atoms in total. The molecule has 3 fully saturated rings. The maximum Gasteiger partial charge on any atom is 0.225 e. The number of amides is 1. The van der Waals surface area contributed by atoms with E-state index in [2.05, 4.69) is 16.7 Å². The van der Waals surface area contributed by atoms with Crippen LogP contribution in [-0.2, 0) is 4.79 Å². The summed E-state index contributed by atoms with van der Waals surface area (Å²) in [6.45, 7) is 6.15. The van der Waals surface area contributed by atoms with Gasteiger partial charge in [0, 0.05) is 25.0 Å². The second kappa shape index (κ2) is 7.31. The van der Waals surface area contributed by atoms with Gasteiger partial charge in [0.2, 0.25) is 5.91 Å². The minimum Gasteiger partial charge on any atom is -0.391 e. The van der Waals surface area contributed by atoms with Crippen molar-refractivity contribution in [2.45, 2.75) is 70.4 Å². The SMILES string of the molecule is CC1CCCN(C(=O)C2CCN(C3CCCCC3O)CC2)C1.